The molecule has 1 fully saturated rings. The third-order valence-electron chi connectivity index (χ3n) is 2.74. The Bertz CT molecular complexity index is 467. The standard InChI is InChI=1S/C10H13ClN4O2/c1-6-7(10(11)14(2)13-6)5-15-8(16)3-12-4-9(15)17/h12H,3-5H2,1-2H3. The van der Waals surface area contributed by atoms with E-state index in [0.717, 1.165) is 11.3 Å². The van der Waals surface area contributed by atoms with Crippen LogP contribution in [0.15, 0.2) is 0 Å². The van der Waals surface area contributed by atoms with Crippen LogP contribution in [-0.2, 0) is 23.2 Å². The Labute approximate surface area is 104 Å². The normalized spacial score (nSPS) is 16.8. The molecule has 1 N–H and O–H groups in total. The zero-order chi connectivity index (χ0) is 12.6. The van der Waals surface area contributed by atoms with E-state index in [0.29, 0.717) is 5.15 Å². The molecule has 0 bridgehead atoms. The minimum atomic E-state index is -0.236. The number of imide groups is 1. The minimum absolute atomic E-state index is 0.183. The van der Waals surface area contributed by atoms with E-state index in [1.54, 1.807) is 14.0 Å². The lowest BCUT2D eigenvalue weighted by Crippen LogP contribution is -2.51. The molecule has 0 unspecified atom stereocenters. The highest BCUT2D eigenvalue weighted by Crippen LogP contribution is 2.21. The fourth-order valence-corrected chi connectivity index (χ4v) is 2.03. The van der Waals surface area contributed by atoms with Crippen molar-refractivity contribution in [2.24, 2.45) is 7.05 Å². The van der Waals surface area contributed by atoms with Crippen molar-refractivity contribution in [3.63, 3.8) is 0 Å². The maximum atomic E-state index is 11.6. The Morgan fingerprint density at radius 3 is 2.41 bits per heavy atom. The number of rotatable bonds is 2. The van der Waals surface area contributed by atoms with Gasteiger partial charge in [-0.05, 0) is 6.92 Å². The number of nitrogens with one attached hydrogen (secondary N) is 1. The number of piperazine rings is 1. The molecule has 92 valence electrons. The molecule has 6 nitrogen and oxygen atoms in total. The first-order chi connectivity index (χ1) is 8.00. The van der Waals surface area contributed by atoms with E-state index in [4.69, 9.17) is 11.6 Å². The lowest BCUT2D eigenvalue weighted by atomic mass is 10.2. The van der Waals surface area contributed by atoms with E-state index in [-0.39, 0.29) is 31.4 Å². The maximum Gasteiger partial charge on any atom is 0.243 e. The van der Waals surface area contributed by atoms with E-state index < -0.39 is 0 Å². The first kappa shape index (κ1) is 12.1. The van der Waals surface area contributed by atoms with Crippen molar-refractivity contribution in [3.05, 3.63) is 16.4 Å². The Hall–Kier alpha value is -1.40. The first-order valence-corrected chi connectivity index (χ1v) is 5.60. The molecule has 0 aromatic carbocycles. The van der Waals surface area contributed by atoms with Gasteiger partial charge in [0.25, 0.3) is 0 Å². The highest BCUT2D eigenvalue weighted by atomic mass is 35.5. The fourth-order valence-electron chi connectivity index (χ4n) is 1.79. The van der Waals surface area contributed by atoms with Crippen LogP contribution in [0, 0.1) is 6.92 Å². The number of halogens is 1. The van der Waals surface area contributed by atoms with Crippen LogP contribution in [0.4, 0.5) is 0 Å². The Morgan fingerprint density at radius 1 is 1.35 bits per heavy atom. The van der Waals surface area contributed by atoms with Crippen LogP contribution in [0.3, 0.4) is 0 Å². The summed E-state index contributed by atoms with van der Waals surface area (Å²) in [5.41, 5.74) is 1.45. The van der Waals surface area contributed by atoms with Crippen molar-refractivity contribution in [2.45, 2.75) is 13.5 Å². The van der Waals surface area contributed by atoms with Gasteiger partial charge in [-0.3, -0.25) is 24.5 Å². The summed E-state index contributed by atoms with van der Waals surface area (Å²) in [6.45, 7) is 2.36. The van der Waals surface area contributed by atoms with Crippen LogP contribution in [0.1, 0.15) is 11.3 Å². The van der Waals surface area contributed by atoms with Crippen molar-refractivity contribution < 1.29 is 9.59 Å². The second kappa shape index (κ2) is 4.46. The predicted molar refractivity (Wildman–Crippen MR) is 61.4 cm³/mol. The smallest absolute Gasteiger partial charge is 0.243 e. The Balaban J connectivity index is 2.25. The lowest BCUT2D eigenvalue weighted by molar-refractivity contribution is -0.147. The van der Waals surface area contributed by atoms with Gasteiger partial charge in [0.2, 0.25) is 11.8 Å². The average molecular weight is 257 g/mol. The molecule has 1 aromatic rings. The van der Waals surface area contributed by atoms with Gasteiger partial charge in [-0.2, -0.15) is 5.10 Å². The predicted octanol–water partition coefficient (Wildman–Crippen LogP) is -0.160. The van der Waals surface area contributed by atoms with E-state index in [2.05, 4.69) is 10.4 Å². The second-order valence-corrected chi connectivity index (χ2v) is 4.31. The summed E-state index contributed by atoms with van der Waals surface area (Å²) in [7, 11) is 1.72. The largest absolute Gasteiger partial charge is 0.300 e. The summed E-state index contributed by atoms with van der Waals surface area (Å²) in [4.78, 5) is 24.4. The van der Waals surface area contributed by atoms with Crippen LogP contribution < -0.4 is 5.32 Å². The SMILES string of the molecule is Cc1nn(C)c(Cl)c1CN1C(=O)CNCC1=O. The highest BCUT2D eigenvalue weighted by Gasteiger charge is 2.27. The van der Waals surface area contributed by atoms with Crippen molar-refractivity contribution in [3.8, 4) is 0 Å². The van der Waals surface area contributed by atoms with Gasteiger partial charge in [-0.25, -0.2) is 0 Å². The fraction of sp³-hybridized carbons (Fsp3) is 0.500. The van der Waals surface area contributed by atoms with E-state index >= 15 is 0 Å². The molecule has 2 rings (SSSR count). The molecule has 0 aliphatic carbocycles. The van der Waals surface area contributed by atoms with Crippen molar-refractivity contribution >= 4 is 23.4 Å². The highest BCUT2D eigenvalue weighted by molar-refractivity contribution is 6.30. The summed E-state index contributed by atoms with van der Waals surface area (Å²) < 4.78 is 1.53. The molecular formula is C10H13ClN4O2. The number of hydrogen-bond donors (Lipinski definition) is 1. The number of aryl methyl sites for hydroxylation is 2. The third-order valence-corrected chi connectivity index (χ3v) is 3.21. The molecule has 0 radical (unpaired) electrons. The lowest BCUT2D eigenvalue weighted by Gasteiger charge is -2.25. The van der Waals surface area contributed by atoms with Gasteiger partial charge in [0.1, 0.15) is 5.15 Å². The third kappa shape index (κ3) is 2.18. The summed E-state index contributed by atoms with van der Waals surface area (Å²) in [5, 5.41) is 7.35. The van der Waals surface area contributed by atoms with Crippen LogP contribution >= 0.6 is 11.6 Å². The van der Waals surface area contributed by atoms with Gasteiger partial charge in [-0.1, -0.05) is 11.6 Å². The monoisotopic (exact) mass is 256 g/mol. The maximum absolute atomic E-state index is 11.6. The van der Waals surface area contributed by atoms with Crippen LogP contribution in [0.5, 0.6) is 0 Å². The Morgan fingerprint density at radius 2 is 1.94 bits per heavy atom. The molecule has 7 heteroatoms. The molecule has 17 heavy (non-hydrogen) atoms. The van der Waals surface area contributed by atoms with E-state index in [9.17, 15) is 9.59 Å². The number of amides is 2. The molecular weight excluding hydrogens is 244 g/mol. The Kier molecular flexibility index (Phi) is 3.17. The summed E-state index contributed by atoms with van der Waals surface area (Å²) in [6.07, 6.45) is 0. The number of nitrogens with zero attached hydrogens (tertiary/aromatic N) is 3. The van der Waals surface area contributed by atoms with Crippen molar-refractivity contribution in [2.75, 3.05) is 13.1 Å². The number of carbonyl (C=O) groups is 2. The second-order valence-electron chi connectivity index (χ2n) is 3.96. The van der Waals surface area contributed by atoms with Crippen LogP contribution in [0.2, 0.25) is 5.15 Å². The molecule has 0 saturated carbocycles. The molecule has 2 heterocycles. The van der Waals surface area contributed by atoms with Gasteiger partial charge in [0.05, 0.1) is 25.3 Å². The van der Waals surface area contributed by atoms with Crippen molar-refractivity contribution in [1.29, 1.82) is 0 Å². The van der Waals surface area contributed by atoms with E-state index in [1.807, 2.05) is 0 Å². The number of carbonyl (C=O) groups excluding carboxylic acids is 2. The van der Waals surface area contributed by atoms with Crippen molar-refractivity contribution in [1.82, 2.24) is 20.0 Å². The zero-order valence-electron chi connectivity index (χ0n) is 9.66. The summed E-state index contributed by atoms with van der Waals surface area (Å²) in [5.74, 6) is -0.471. The molecule has 0 atom stereocenters. The van der Waals surface area contributed by atoms with Crippen LogP contribution in [0.25, 0.3) is 0 Å². The van der Waals surface area contributed by atoms with Gasteiger partial charge >= 0.3 is 0 Å². The minimum Gasteiger partial charge on any atom is -0.300 e. The molecule has 1 aliphatic rings. The van der Waals surface area contributed by atoms with Crippen LogP contribution in [-0.4, -0.2) is 39.6 Å². The van der Waals surface area contributed by atoms with Gasteiger partial charge in [-0.15, -0.1) is 0 Å². The molecule has 1 saturated heterocycles. The molecule has 0 spiro atoms. The molecule has 2 amide bonds. The van der Waals surface area contributed by atoms with E-state index in [1.165, 1.54) is 9.58 Å². The number of hydrogen-bond acceptors (Lipinski definition) is 4. The average Bonchev–Trinajstić information content (AvgIpc) is 2.49. The van der Waals surface area contributed by atoms with Gasteiger partial charge < -0.3 is 0 Å². The molecule has 1 aromatic heterocycles. The first-order valence-electron chi connectivity index (χ1n) is 5.22. The number of aromatic nitrogens is 2. The summed E-state index contributed by atoms with van der Waals surface area (Å²) in [6, 6.07) is 0. The quantitative estimate of drug-likeness (QED) is 0.747. The summed E-state index contributed by atoms with van der Waals surface area (Å²) >= 11 is 6.06. The van der Waals surface area contributed by atoms with Gasteiger partial charge in [0, 0.05) is 12.6 Å². The zero-order valence-corrected chi connectivity index (χ0v) is 10.4. The topological polar surface area (TPSA) is 67.2 Å². The molecule has 1 aliphatic heterocycles. The van der Waals surface area contributed by atoms with Gasteiger partial charge in [0.15, 0.2) is 0 Å².